The second-order valence-electron chi connectivity index (χ2n) is 9.90. The largest absolute Gasteiger partial charge is 0.373 e. The topological polar surface area (TPSA) is 31.5 Å². The van der Waals surface area contributed by atoms with Gasteiger partial charge in [0.25, 0.3) is 0 Å². The van der Waals surface area contributed by atoms with Crippen molar-refractivity contribution in [3.05, 3.63) is 59.7 Å². The Bertz CT molecular complexity index is 839. The third kappa shape index (κ3) is 6.49. The van der Waals surface area contributed by atoms with E-state index in [0.29, 0.717) is 12.2 Å². The molecule has 0 aromatic heterocycles. The van der Waals surface area contributed by atoms with Gasteiger partial charge in [-0.25, -0.2) is 0 Å². The molecule has 32 heavy (non-hydrogen) atoms. The maximum Gasteiger partial charge on any atom is 0.0984 e. The minimum absolute atomic E-state index is 0.408. The van der Waals surface area contributed by atoms with Crippen LogP contribution < -0.4 is 9.80 Å². The highest BCUT2D eigenvalue weighted by molar-refractivity contribution is 5.50. The van der Waals surface area contributed by atoms with Gasteiger partial charge in [0.1, 0.15) is 0 Å². The van der Waals surface area contributed by atoms with Gasteiger partial charge < -0.3 is 19.3 Å². The smallest absolute Gasteiger partial charge is 0.0984 e. The van der Waals surface area contributed by atoms with Crippen LogP contribution in [0, 0.1) is 5.92 Å². The normalized spacial score (nSPS) is 21.4. The highest BCUT2D eigenvalue weighted by atomic mass is 16.6. The zero-order valence-electron chi connectivity index (χ0n) is 19.5. The molecule has 0 spiro atoms. The molecule has 5 rings (SSSR count). The van der Waals surface area contributed by atoms with Crippen LogP contribution in [-0.2, 0) is 15.9 Å². The molecule has 0 amide bonds. The Morgan fingerprint density at radius 1 is 0.750 bits per heavy atom. The molecule has 1 saturated carbocycles. The van der Waals surface area contributed by atoms with Crippen LogP contribution in [0.4, 0.5) is 11.4 Å². The molecule has 2 unspecified atom stereocenters. The van der Waals surface area contributed by atoms with E-state index >= 15 is 0 Å². The predicted octanol–water partition coefficient (Wildman–Crippen LogP) is 5.29. The average Bonchev–Trinajstić information content (AvgIpc) is 3.67. The van der Waals surface area contributed by atoms with Crippen molar-refractivity contribution in [1.82, 2.24) is 0 Å². The molecular formula is C28H38N2O2. The van der Waals surface area contributed by atoms with Crippen molar-refractivity contribution < 1.29 is 9.47 Å². The lowest BCUT2D eigenvalue weighted by molar-refractivity contribution is 0.388. The summed E-state index contributed by atoms with van der Waals surface area (Å²) in [6.07, 6.45) is 8.34. The van der Waals surface area contributed by atoms with Gasteiger partial charge in [-0.2, -0.15) is 0 Å². The summed E-state index contributed by atoms with van der Waals surface area (Å²) in [5.74, 6) is 0.924. The van der Waals surface area contributed by atoms with Crippen molar-refractivity contribution >= 4 is 11.4 Å². The summed E-state index contributed by atoms with van der Waals surface area (Å²) in [7, 11) is 0. The highest BCUT2D eigenvalue weighted by Gasteiger charge is 2.28. The van der Waals surface area contributed by atoms with E-state index in [9.17, 15) is 0 Å². The summed E-state index contributed by atoms with van der Waals surface area (Å²) in [5, 5.41) is 0. The van der Waals surface area contributed by atoms with Crippen molar-refractivity contribution in [2.45, 2.75) is 57.7 Å². The molecule has 2 aromatic carbocycles. The molecule has 1 aliphatic carbocycles. The molecule has 2 atom stereocenters. The standard InChI is InChI=1S/C28H38N2O2/c1-2-3-15-29(18-24-4-5-24)25-10-6-22(7-11-25)17-23-8-12-26(13-9-23)30(19-28-21-32-28)16-14-27-20-31-27/h6-13,24,27-28H,2-5,14-21H2,1H3. The van der Waals surface area contributed by atoms with Gasteiger partial charge in [-0.3, -0.25) is 0 Å². The summed E-state index contributed by atoms with van der Waals surface area (Å²) < 4.78 is 10.9. The zero-order chi connectivity index (χ0) is 21.8. The van der Waals surface area contributed by atoms with Crippen LogP contribution in [0.2, 0.25) is 0 Å². The second-order valence-corrected chi connectivity index (χ2v) is 9.90. The third-order valence-corrected chi connectivity index (χ3v) is 6.92. The van der Waals surface area contributed by atoms with Crippen LogP contribution in [-0.4, -0.2) is 51.6 Å². The Kier molecular flexibility index (Phi) is 6.99. The van der Waals surface area contributed by atoms with Crippen molar-refractivity contribution in [3.8, 4) is 0 Å². The zero-order valence-corrected chi connectivity index (χ0v) is 19.5. The molecular weight excluding hydrogens is 396 g/mol. The second kappa shape index (κ2) is 10.3. The van der Waals surface area contributed by atoms with E-state index in [-0.39, 0.29) is 0 Å². The van der Waals surface area contributed by atoms with E-state index in [0.717, 1.165) is 45.1 Å². The lowest BCUT2D eigenvalue weighted by Crippen LogP contribution is -2.29. The number of nitrogens with zero attached hydrogens (tertiary/aromatic N) is 2. The molecule has 2 saturated heterocycles. The molecule has 0 radical (unpaired) electrons. The van der Waals surface area contributed by atoms with E-state index in [1.165, 1.54) is 61.3 Å². The minimum atomic E-state index is 0.408. The number of unbranched alkanes of at least 4 members (excludes halogenated alkanes) is 1. The number of hydrogen-bond donors (Lipinski definition) is 0. The van der Waals surface area contributed by atoms with Crippen LogP contribution in [0.1, 0.15) is 50.2 Å². The fraction of sp³-hybridized carbons (Fsp3) is 0.571. The van der Waals surface area contributed by atoms with E-state index in [1.807, 2.05) is 0 Å². The molecule has 2 aromatic rings. The monoisotopic (exact) mass is 434 g/mol. The molecule has 3 aliphatic rings. The van der Waals surface area contributed by atoms with Crippen molar-refractivity contribution in [2.75, 3.05) is 49.2 Å². The molecule has 0 bridgehead atoms. The molecule has 172 valence electrons. The summed E-state index contributed by atoms with van der Waals surface area (Å²) in [6, 6.07) is 18.4. The molecule has 4 heteroatoms. The molecule has 2 heterocycles. The van der Waals surface area contributed by atoms with Crippen LogP contribution >= 0.6 is 0 Å². The van der Waals surface area contributed by atoms with Crippen molar-refractivity contribution in [2.24, 2.45) is 5.92 Å². The number of benzene rings is 2. The first-order valence-corrected chi connectivity index (χ1v) is 12.7. The SMILES string of the molecule is CCCCN(CC1CC1)c1ccc(Cc2ccc(N(CCC3CO3)CC3CO3)cc2)cc1. The van der Waals surface area contributed by atoms with Crippen LogP contribution in [0.15, 0.2) is 48.5 Å². The highest BCUT2D eigenvalue weighted by Crippen LogP contribution is 2.32. The number of anilines is 2. The van der Waals surface area contributed by atoms with Crippen LogP contribution in [0.25, 0.3) is 0 Å². The quantitative estimate of drug-likeness (QED) is 0.378. The molecule has 3 fully saturated rings. The average molecular weight is 435 g/mol. The van der Waals surface area contributed by atoms with E-state index in [4.69, 9.17) is 9.47 Å². The van der Waals surface area contributed by atoms with Crippen molar-refractivity contribution in [1.29, 1.82) is 0 Å². The number of hydrogen-bond acceptors (Lipinski definition) is 4. The minimum Gasteiger partial charge on any atom is -0.373 e. The lowest BCUT2D eigenvalue weighted by Gasteiger charge is -2.25. The summed E-state index contributed by atoms with van der Waals surface area (Å²) >= 11 is 0. The summed E-state index contributed by atoms with van der Waals surface area (Å²) in [6.45, 7) is 8.57. The van der Waals surface area contributed by atoms with Gasteiger partial charge in [0.2, 0.25) is 0 Å². The first-order valence-electron chi connectivity index (χ1n) is 12.7. The van der Waals surface area contributed by atoms with Gasteiger partial charge in [-0.05, 0) is 73.4 Å². The Balaban J connectivity index is 1.18. The fourth-order valence-corrected chi connectivity index (χ4v) is 4.45. The van der Waals surface area contributed by atoms with Gasteiger partial charge in [0.05, 0.1) is 25.4 Å². The van der Waals surface area contributed by atoms with Gasteiger partial charge in [-0.15, -0.1) is 0 Å². The Morgan fingerprint density at radius 3 is 1.81 bits per heavy atom. The lowest BCUT2D eigenvalue weighted by atomic mass is 10.0. The van der Waals surface area contributed by atoms with E-state index < -0.39 is 0 Å². The molecule has 4 nitrogen and oxygen atoms in total. The predicted molar refractivity (Wildman–Crippen MR) is 132 cm³/mol. The maximum absolute atomic E-state index is 5.48. The van der Waals surface area contributed by atoms with E-state index in [1.54, 1.807) is 0 Å². The Morgan fingerprint density at radius 2 is 1.31 bits per heavy atom. The van der Waals surface area contributed by atoms with Gasteiger partial charge in [0.15, 0.2) is 0 Å². The van der Waals surface area contributed by atoms with E-state index in [2.05, 4.69) is 65.3 Å². The first kappa shape index (κ1) is 21.8. The van der Waals surface area contributed by atoms with Gasteiger partial charge >= 0.3 is 0 Å². The molecule has 0 N–H and O–H groups in total. The van der Waals surface area contributed by atoms with Crippen molar-refractivity contribution in [3.63, 3.8) is 0 Å². The number of epoxide rings is 2. The number of ether oxygens (including phenoxy) is 2. The first-order chi connectivity index (χ1) is 15.8. The van der Waals surface area contributed by atoms with Gasteiger partial charge in [-0.1, -0.05) is 37.6 Å². The summed E-state index contributed by atoms with van der Waals surface area (Å²) in [5.41, 5.74) is 5.45. The Hall–Kier alpha value is -2.04. The fourth-order valence-electron chi connectivity index (χ4n) is 4.45. The van der Waals surface area contributed by atoms with Gasteiger partial charge in [0, 0.05) is 37.6 Å². The third-order valence-electron chi connectivity index (χ3n) is 6.92. The number of rotatable bonds is 14. The summed E-state index contributed by atoms with van der Waals surface area (Å²) in [4.78, 5) is 5.06. The van der Waals surface area contributed by atoms with Crippen LogP contribution in [0.3, 0.4) is 0 Å². The van der Waals surface area contributed by atoms with Crippen LogP contribution in [0.5, 0.6) is 0 Å². The molecule has 2 aliphatic heterocycles. The Labute approximate surface area is 193 Å². The maximum atomic E-state index is 5.48.